The van der Waals surface area contributed by atoms with E-state index in [-0.39, 0.29) is 12.2 Å². The van der Waals surface area contributed by atoms with Crippen molar-refractivity contribution in [1.29, 1.82) is 0 Å². The second kappa shape index (κ2) is 8.87. The Bertz CT molecular complexity index is 666. The van der Waals surface area contributed by atoms with Crippen molar-refractivity contribution in [2.75, 3.05) is 28.4 Å². The summed E-state index contributed by atoms with van der Waals surface area (Å²) in [4.78, 5) is 0. The number of rotatable bonds is 7. The van der Waals surface area contributed by atoms with Gasteiger partial charge in [-0.15, -0.1) is 0 Å². The van der Waals surface area contributed by atoms with E-state index in [1.54, 1.807) is 28.4 Å². The Labute approximate surface area is 157 Å². The van der Waals surface area contributed by atoms with Crippen molar-refractivity contribution in [3.63, 3.8) is 0 Å². The Morgan fingerprint density at radius 1 is 1.08 bits per heavy atom. The van der Waals surface area contributed by atoms with E-state index in [0.29, 0.717) is 17.2 Å². The van der Waals surface area contributed by atoms with Crippen molar-refractivity contribution in [3.8, 4) is 17.2 Å². The average Bonchev–Trinajstić information content (AvgIpc) is 2.78. The molecular formula is C19H26CrO5. The Morgan fingerprint density at radius 3 is 2.28 bits per heavy atom. The molecule has 2 rings (SSSR count). The molecule has 1 aliphatic rings. The van der Waals surface area contributed by atoms with Gasteiger partial charge >= 0.3 is 158 Å². The molecule has 0 N–H and O–H groups in total. The number of hydrogen-bond donors (Lipinski definition) is 0. The molecule has 0 radical (unpaired) electrons. The molecule has 1 atom stereocenters. The molecule has 25 heavy (non-hydrogen) atoms. The van der Waals surface area contributed by atoms with Gasteiger partial charge in [-0.25, -0.2) is 0 Å². The van der Waals surface area contributed by atoms with Gasteiger partial charge in [-0.3, -0.25) is 0 Å². The summed E-state index contributed by atoms with van der Waals surface area (Å²) in [5, 5.41) is 0. The molecule has 0 aromatic heterocycles. The fourth-order valence-electron chi connectivity index (χ4n) is 3.06. The molecule has 1 aromatic carbocycles. The van der Waals surface area contributed by atoms with Gasteiger partial charge in [0.05, 0.1) is 0 Å². The van der Waals surface area contributed by atoms with Gasteiger partial charge in [0, 0.05) is 0 Å². The zero-order chi connectivity index (χ0) is 18.6. The summed E-state index contributed by atoms with van der Waals surface area (Å²) in [5.74, 6) is 1.90. The molecule has 1 unspecified atom stereocenters. The van der Waals surface area contributed by atoms with Gasteiger partial charge in [-0.05, 0) is 0 Å². The minimum atomic E-state index is -0.0645. The first-order valence-electron chi connectivity index (χ1n) is 8.23. The normalized spacial score (nSPS) is 16.8. The summed E-state index contributed by atoms with van der Waals surface area (Å²) in [5.41, 5.74) is 3.07. The van der Waals surface area contributed by atoms with E-state index < -0.39 is 0 Å². The maximum absolute atomic E-state index is 6.13. The molecule has 1 aromatic rings. The van der Waals surface area contributed by atoms with E-state index in [2.05, 4.69) is 21.9 Å². The van der Waals surface area contributed by atoms with E-state index in [1.807, 2.05) is 19.9 Å². The van der Waals surface area contributed by atoms with Crippen molar-refractivity contribution in [3.05, 3.63) is 22.8 Å². The van der Waals surface area contributed by atoms with Crippen LogP contribution in [-0.4, -0.2) is 45.2 Å². The first-order valence-corrected chi connectivity index (χ1v) is 8.87. The van der Waals surface area contributed by atoms with Gasteiger partial charge < -0.3 is 0 Å². The predicted molar refractivity (Wildman–Crippen MR) is 94.4 cm³/mol. The molecule has 5 nitrogen and oxygen atoms in total. The third-order valence-corrected chi connectivity index (χ3v) is 4.76. The number of methoxy groups -OCH3 is 4. The zero-order valence-corrected chi connectivity index (χ0v) is 16.9. The van der Waals surface area contributed by atoms with Crippen LogP contribution in [0.4, 0.5) is 0 Å². The van der Waals surface area contributed by atoms with Crippen LogP contribution in [0, 0.1) is 0 Å². The van der Waals surface area contributed by atoms with Crippen molar-refractivity contribution in [2.24, 2.45) is 0 Å². The quantitative estimate of drug-likeness (QED) is 0.720. The van der Waals surface area contributed by atoms with Crippen LogP contribution in [0.15, 0.2) is 11.6 Å². The van der Waals surface area contributed by atoms with Crippen molar-refractivity contribution >= 4 is 10.6 Å². The first-order chi connectivity index (χ1) is 12.0. The third kappa shape index (κ3) is 4.27. The summed E-state index contributed by atoms with van der Waals surface area (Å²) < 4.78 is 29.0. The monoisotopic (exact) mass is 386 g/mol. The summed E-state index contributed by atoms with van der Waals surface area (Å²) in [6.45, 7) is 4.07. The van der Waals surface area contributed by atoms with Crippen LogP contribution >= 0.6 is 0 Å². The Balaban J connectivity index is 2.65. The van der Waals surface area contributed by atoms with Gasteiger partial charge in [0.25, 0.3) is 0 Å². The minimum absolute atomic E-state index is 0.0645. The summed E-state index contributed by atoms with van der Waals surface area (Å²) in [7, 11) is 6.52. The van der Waals surface area contributed by atoms with Crippen LogP contribution in [0.25, 0.3) is 6.08 Å². The van der Waals surface area contributed by atoms with Crippen LogP contribution in [0.5, 0.6) is 17.2 Å². The second-order valence-corrected chi connectivity index (χ2v) is 6.60. The molecule has 0 fully saturated rings. The molecule has 0 aliphatic heterocycles. The molecule has 0 amide bonds. The Hall–Kier alpha value is -1.32. The van der Waals surface area contributed by atoms with Gasteiger partial charge in [0.2, 0.25) is 0 Å². The molecule has 0 saturated carbocycles. The second-order valence-electron chi connectivity index (χ2n) is 6.02. The molecule has 0 saturated heterocycles. The fraction of sp³-hybridized carbons (Fsp3) is 0.526. The molecule has 1 aliphatic carbocycles. The Kier molecular flexibility index (Phi) is 7.09. The van der Waals surface area contributed by atoms with Gasteiger partial charge in [-0.2, -0.15) is 0 Å². The topological polar surface area (TPSA) is 46.2 Å². The van der Waals surface area contributed by atoms with Gasteiger partial charge in [0.15, 0.2) is 0 Å². The molecule has 0 heterocycles. The molecule has 0 spiro atoms. The van der Waals surface area contributed by atoms with Crippen molar-refractivity contribution < 1.29 is 39.5 Å². The fourth-order valence-corrected chi connectivity index (χ4v) is 3.36. The number of ether oxygens (including phenoxy) is 5. The van der Waals surface area contributed by atoms with Crippen LogP contribution in [0.1, 0.15) is 31.4 Å². The molecule has 138 valence electrons. The molecule has 0 bridgehead atoms. The van der Waals surface area contributed by atoms with E-state index >= 15 is 0 Å². The van der Waals surface area contributed by atoms with Crippen LogP contribution < -0.4 is 14.2 Å². The van der Waals surface area contributed by atoms with Crippen LogP contribution in [0.2, 0.25) is 0 Å². The predicted octanol–water partition coefficient (Wildman–Crippen LogP) is 3.16. The van der Waals surface area contributed by atoms with Crippen molar-refractivity contribution in [2.45, 2.75) is 38.9 Å². The molecule has 6 heteroatoms. The first kappa shape index (κ1) is 20.0. The van der Waals surface area contributed by atoms with Crippen LogP contribution in [-0.2, 0) is 31.7 Å². The summed E-state index contributed by atoms with van der Waals surface area (Å²) >= 11 is 3.00. The number of hydrogen-bond acceptors (Lipinski definition) is 5. The number of fused-ring (bicyclic) bond motifs is 1. The van der Waals surface area contributed by atoms with E-state index in [4.69, 9.17) is 23.7 Å². The van der Waals surface area contributed by atoms with E-state index in [1.165, 1.54) is 0 Å². The Morgan fingerprint density at radius 2 is 1.76 bits per heavy atom. The number of aryl methyl sites for hydroxylation is 1. The van der Waals surface area contributed by atoms with Gasteiger partial charge in [-0.1, -0.05) is 0 Å². The number of benzene rings is 1. The average molecular weight is 386 g/mol. The maximum atomic E-state index is 6.13. The summed E-state index contributed by atoms with van der Waals surface area (Å²) in [6.07, 6.45) is 3.78. The zero-order valence-electron chi connectivity index (χ0n) is 15.7. The standard InChI is InChI=1S/C19H26O5.Cr/c1-12(2)24-16-8-7-13-10-17(21-4)19(23-6)18(22-5)15(13)9-14(16)11-20-3;/h9-10,12,16H,7-8H2,1-6H3;. The SMILES string of the molecule is CO[C](=[Cr])C1=Cc2c(cc(OC)c(OC)c2OC)CCC1OC(C)C. The summed E-state index contributed by atoms with van der Waals surface area (Å²) in [6, 6.07) is 2.01. The van der Waals surface area contributed by atoms with E-state index in [0.717, 1.165) is 34.1 Å². The van der Waals surface area contributed by atoms with Gasteiger partial charge in [0.1, 0.15) is 0 Å². The van der Waals surface area contributed by atoms with Crippen LogP contribution in [0.3, 0.4) is 0 Å². The third-order valence-electron chi connectivity index (χ3n) is 4.13. The molecular weight excluding hydrogens is 360 g/mol. The van der Waals surface area contributed by atoms with Crippen molar-refractivity contribution in [1.82, 2.24) is 0 Å². The van der Waals surface area contributed by atoms with E-state index in [9.17, 15) is 0 Å².